The molecule has 4 nitrogen and oxygen atoms in total. The van der Waals surface area contributed by atoms with Gasteiger partial charge in [-0.05, 0) is 47.5 Å². The summed E-state index contributed by atoms with van der Waals surface area (Å²) in [5, 5.41) is 3.89. The summed E-state index contributed by atoms with van der Waals surface area (Å²) in [6.45, 7) is 1.85. The van der Waals surface area contributed by atoms with Crippen molar-refractivity contribution in [3.63, 3.8) is 0 Å². The van der Waals surface area contributed by atoms with E-state index in [0.717, 1.165) is 10.5 Å². The van der Waals surface area contributed by atoms with Crippen molar-refractivity contribution < 1.29 is 8.42 Å². The molecular formula is C14H18N2O2S3. The highest BCUT2D eigenvalue weighted by Crippen LogP contribution is 2.21. The maximum Gasteiger partial charge on any atom is 0.212 e. The number of benzene rings is 1. The van der Waals surface area contributed by atoms with Crippen LogP contribution in [0.5, 0.6) is 0 Å². The van der Waals surface area contributed by atoms with Gasteiger partial charge in [-0.1, -0.05) is 6.07 Å². The van der Waals surface area contributed by atoms with Gasteiger partial charge < -0.3 is 5.73 Å². The normalized spacial score (nSPS) is 13.2. The molecule has 0 aliphatic carbocycles. The summed E-state index contributed by atoms with van der Waals surface area (Å²) in [6, 6.07) is 9.18. The van der Waals surface area contributed by atoms with Crippen molar-refractivity contribution in [2.24, 2.45) is 0 Å². The molecule has 1 unspecified atom stereocenters. The maximum absolute atomic E-state index is 12.0. The second-order valence-electron chi connectivity index (χ2n) is 4.64. The van der Waals surface area contributed by atoms with Gasteiger partial charge in [0.25, 0.3) is 0 Å². The molecule has 2 rings (SSSR count). The van der Waals surface area contributed by atoms with E-state index in [1.807, 2.05) is 48.0 Å². The van der Waals surface area contributed by atoms with Gasteiger partial charge in [-0.25, -0.2) is 13.1 Å². The topological polar surface area (TPSA) is 72.2 Å². The van der Waals surface area contributed by atoms with E-state index in [0.29, 0.717) is 11.4 Å². The summed E-state index contributed by atoms with van der Waals surface area (Å²) in [5.74, 6) is 0.579. The predicted octanol–water partition coefficient (Wildman–Crippen LogP) is 3.10. The van der Waals surface area contributed by atoms with Crippen molar-refractivity contribution in [3.8, 4) is 0 Å². The number of nitrogens with two attached hydrogens (primary N) is 1. The van der Waals surface area contributed by atoms with Crippen LogP contribution in [0, 0.1) is 0 Å². The van der Waals surface area contributed by atoms with Crippen molar-refractivity contribution in [3.05, 3.63) is 46.7 Å². The van der Waals surface area contributed by atoms with Crippen molar-refractivity contribution in [2.75, 3.05) is 17.2 Å². The van der Waals surface area contributed by atoms with Crippen LogP contribution < -0.4 is 10.5 Å². The van der Waals surface area contributed by atoms with E-state index in [1.165, 1.54) is 11.8 Å². The summed E-state index contributed by atoms with van der Waals surface area (Å²) in [6.07, 6.45) is 0. The summed E-state index contributed by atoms with van der Waals surface area (Å²) < 4.78 is 26.8. The minimum absolute atomic E-state index is 0.0843. The highest BCUT2D eigenvalue weighted by Gasteiger charge is 2.15. The van der Waals surface area contributed by atoms with E-state index < -0.39 is 10.0 Å². The molecule has 0 spiro atoms. The number of anilines is 1. The summed E-state index contributed by atoms with van der Waals surface area (Å²) in [4.78, 5) is 0.982. The number of nitrogens with one attached hydrogen (secondary N) is 1. The van der Waals surface area contributed by atoms with Crippen LogP contribution in [0.25, 0.3) is 0 Å². The van der Waals surface area contributed by atoms with E-state index in [1.54, 1.807) is 11.3 Å². The van der Waals surface area contributed by atoms with Crippen LogP contribution in [-0.2, 0) is 10.0 Å². The minimum atomic E-state index is -3.28. The zero-order valence-corrected chi connectivity index (χ0v) is 14.1. The first kappa shape index (κ1) is 16.4. The SMILES string of the molecule is CC(NS(=O)(=O)CCSc1cccc(N)c1)c1ccsc1. The second kappa shape index (κ2) is 7.31. The first-order chi connectivity index (χ1) is 9.96. The molecule has 0 aliphatic rings. The van der Waals surface area contributed by atoms with E-state index in [-0.39, 0.29) is 11.8 Å². The van der Waals surface area contributed by atoms with Crippen LogP contribution in [0.3, 0.4) is 0 Å². The van der Waals surface area contributed by atoms with Crippen LogP contribution in [0.15, 0.2) is 46.0 Å². The van der Waals surface area contributed by atoms with Gasteiger partial charge >= 0.3 is 0 Å². The Bertz CT molecular complexity index is 669. The molecule has 21 heavy (non-hydrogen) atoms. The molecule has 0 saturated carbocycles. The van der Waals surface area contributed by atoms with Crippen LogP contribution >= 0.6 is 23.1 Å². The number of thiophene rings is 1. The number of hydrogen-bond donors (Lipinski definition) is 2. The van der Waals surface area contributed by atoms with E-state index in [4.69, 9.17) is 5.73 Å². The average Bonchev–Trinajstić information content (AvgIpc) is 2.92. The zero-order chi connectivity index (χ0) is 15.3. The third-order valence-electron chi connectivity index (χ3n) is 2.88. The molecule has 114 valence electrons. The third kappa shape index (κ3) is 5.35. The Balaban J connectivity index is 1.84. The molecular weight excluding hydrogens is 324 g/mol. The van der Waals surface area contributed by atoms with Gasteiger partial charge in [0.2, 0.25) is 10.0 Å². The third-order valence-corrected chi connectivity index (χ3v) is 6.29. The van der Waals surface area contributed by atoms with Crippen LogP contribution in [0.4, 0.5) is 5.69 Å². The Kier molecular flexibility index (Phi) is 5.69. The Hall–Kier alpha value is -1.02. The molecule has 1 aromatic carbocycles. The Morgan fingerprint density at radius 3 is 2.86 bits per heavy atom. The molecule has 0 aliphatic heterocycles. The Labute approximate surface area is 133 Å². The molecule has 1 aromatic heterocycles. The lowest BCUT2D eigenvalue weighted by Crippen LogP contribution is -2.29. The number of rotatable bonds is 7. The predicted molar refractivity (Wildman–Crippen MR) is 91.2 cm³/mol. The quantitative estimate of drug-likeness (QED) is 0.599. The Morgan fingerprint density at radius 1 is 1.38 bits per heavy atom. The fourth-order valence-corrected chi connectivity index (χ4v) is 5.18. The van der Waals surface area contributed by atoms with Crippen LogP contribution in [0.2, 0.25) is 0 Å². The molecule has 1 atom stereocenters. The van der Waals surface area contributed by atoms with Crippen molar-refractivity contribution in [1.82, 2.24) is 4.72 Å². The lowest BCUT2D eigenvalue weighted by atomic mass is 10.2. The van der Waals surface area contributed by atoms with Gasteiger partial charge in [-0.2, -0.15) is 11.3 Å². The molecule has 0 amide bonds. The van der Waals surface area contributed by atoms with Gasteiger partial charge in [-0.15, -0.1) is 11.8 Å². The van der Waals surface area contributed by atoms with Crippen molar-refractivity contribution in [1.29, 1.82) is 0 Å². The van der Waals surface area contributed by atoms with Crippen molar-refractivity contribution >= 4 is 38.8 Å². The van der Waals surface area contributed by atoms with Gasteiger partial charge in [0.05, 0.1) is 5.75 Å². The molecule has 3 N–H and O–H groups in total. The molecule has 7 heteroatoms. The highest BCUT2D eigenvalue weighted by molar-refractivity contribution is 8.00. The van der Waals surface area contributed by atoms with Gasteiger partial charge in [0.1, 0.15) is 0 Å². The highest BCUT2D eigenvalue weighted by atomic mass is 32.2. The minimum Gasteiger partial charge on any atom is -0.399 e. The van der Waals surface area contributed by atoms with Crippen LogP contribution in [-0.4, -0.2) is 19.9 Å². The van der Waals surface area contributed by atoms with E-state index in [2.05, 4.69) is 4.72 Å². The Morgan fingerprint density at radius 2 is 2.19 bits per heavy atom. The summed E-state index contributed by atoms with van der Waals surface area (Å²) in [7, 11) is -3.28. The monoisotopic (exact) mass is 342 g/mol. The fourth-order valence-electron chi connectivity index (χ4n) is 1.79. The smallest absolute Gasteiger partial charge is 0.212 e. The molecule has 0 bridgehead atoms. The largest absolute Gasteiger partial charge is 0.399 e. The van der Waals surface area contributed by atoms with Crippen molar-refractivity contribution in [2.45, 2.75) is 17.9 Å². The molecule has 0 saturated heterocycles. The average molecular weight is 343 g/mol. The van der Waals surface area contributed by atoms with E-state index in [9.17, 15) is 8.42 Å². The number of sulfonamides is 1. The molecule has 0 fully saturated rings. The van der Waals surface area contributed by atoms with Gasteiger partial charge in [0.15, 0.2) is 0 Å². The summed E-state index contributed by atoms with van der Waals surface area (Å²) >= 11 is 3.05. The first-order valence-corrected chi connectivity index (χ1v) is 10.0. The number of thioether (sulfide) groups is 1. The molecule has 1 heterocycles. The summed E-state index contributed by atoms with van der Waals surface area (Å²) in [5.41, 5.74) is 7.37. The second-order valence-corrected chi connectivity index (χ2v) is 8.46. The standard InChI is InChI=1S/C14H18N2O2S3/c1-11(12-5-6-19-10-12)16-21(17,18)8-7-20-14-4-2-3-13(15)9-14/h2-6,9-11,16H,7-8,15H2,1H3. The molecule has 0 radical (unpaired) electrons. The lowest BCUT2D eigenvalue weighted by Gasteiger charge is -2.13. The lowest BCUT2D eigenvalue weighted by molar-refractivity contribution is 0.569. The number of hydrogen-bond acceptors (Lipinski definition) is 5. The van der Waals surface area contributed by atoms with Crippen LogP contribution in [0.1, 0.15) is 18.5 Å². The first-order valence-electron chi connectivity index (χ1n) is 6.47. The molecule has 2 aromatic rings. The maximum atomic E-state index is 12.0. The van der Waals surface area contributed by atoms with Gasteiger partial charge in [0, 0.05) is 22.4 Å². The van der Waals surface area contributed by atoms with Gasteiger partial charge in [-0.3, -0.25) is 0 Å². The number of nitrogen functional groups attached to an aromatic ring is 1. The zero-order valence-electron chi connectivity index (χ0n) is 11.7. The fraction of sp³-hybridized carbons (Fsp3) is 0.286. The van der Waals surface area contributed by atoms with E-state index >= 15 is 0 Å².